The van der Waals surface area contributed by atoms with Crippen LogP contribution in [0.3, 0.4) is 0 Å². The largest absolute Gasteiger partial charge is 0.394 e. The molecule has 5 nitrogen and oxygen atoms in total. The Balaban J connectivity index is 3.70. The molecule has 0 heterocycles. The molecule has 0 aliphatic carbocycles. The molecule has 3 N–H and O–H groups in total. The first-order chi connectivity index (χ1) is 7.24. The van der Waals surface area contributed by atoms with Crippen LogP contribution < -0.4 is 5.32 Å². The SMILES string of the molecule is CNCC(CC(C)OCCO)OCCO. The van der Waals surface area contributed by atoms with Gasteiger partial charge in [0, 0.05) is 13.0 Å². The Hall–Kier alpha value is -0.200. The zero-order valence-electron chi connectivity index (χ0n) is 9.61. The van der Waals surface area contributed by atoms with Crippen molar-refractivity contribution in [2.24, 2.45) is 0 Å². The van der Waals surface area contributed by atoms with E-state index in [4.69, 9.17) is 19.7 Å². The molecule has 5 heteroatoms. The molecule has 92 valence electrons. The Labute approximate surface area is 91.4 Å². The van der Waals surface area contributed by atoms with Gasteiger partial charge in [-0.25, -0.2) is 0 Å². The number of hydrogen-bond acceptors (Lipinski definition) is 5. The van der Waals surface area contributed by atoms with Gasteiger partial charge in [0.15, 0.2) is 0 Å². The molecule has 0 aliphatic heterocycles. The van der Waals surface area contributed by atoms with Gasteiger partial charge in [0.1, 0.15) is 0 Å². The van der Waals surface area contributed by atoms with Crippen molar-refractivity contribution in [3.63, 3.8) is 0 Å². The van der Waals surface area contributed by atoms with Crippen molar-refractivity contribution >= 4 is 0 Å². The summed E-state index contributed by atoms with van der Waals surface area (Å²) in [5.41, 5.74) is 0. The zero-order chi connectivity index (χ0) is 11.5. The van der Waals surface area contributed by atoms with Crippen LogP contribution in [0.4, 0.5) is 0 Å². The molecular formula is C10H23NO4. The maximum atomic E-state index is 8.65. The predicted molar refractivity (Wildman–Crippen MR) is 57.9 cm³/mol. The van der Waals surface area contributed by atoms with Crippen molar-refractivity contribution in [1.82, 2.24) is 5.32 Å². The molecule has 0 fully saturated rings. The summed E-state index contributed by atoms with van der Waals surface area (Å²) in [5, 5.41) is 20.3. The summed E-state index contributed by atoms with van der Waals surface area (Å²) >= 11 is 0. The van der Waals surface area contributed by atoms with Crippen molar-refractivity contribution in [3.05, 3.63) is 0 Å². The summed E-state index contributed by atoms with van der Waals surface area (Å²) in [6.07, 6.45) is 0.839. The molecule has 0 rings (SSSR count). The number of aliphatic hydroxyl groups is 2. The Bertz CT molecular complexity index is 135. The molecule has 0 aliphatic rings. The normalized spacial score (nSPS) is 15.2. The third-order valence-electron chi connectivity index (χ3n) is 1.97. The summed E-state index contributed by atoms with van der Waals surface area (Å²) < 4.78 is 10.8. The third-order valence-corrected chi connectivity index (χ3v) is 1.97. The molecule has 0 spiro atoms. The van der Waals surface area contributed by atoms with Crippen molar-refractivity contribution in [1.29, 1.82) is 0 Å². The van der Waals surface area contributed by atoms with E-state index in [1.165, 1.54) is 0 Å². The van der Waals surface area contributed by atoms with Crippen LogP contribution in [0.15, 0.2) is 0 Å². The van der Waals surface area contributed by atoms with Gasteiger partial charge in [0.25, 0.3) is 0 Å². The van der Waals surface area contributed by atoms with Gasteiger partial charge in [0.2, 0.25) is 0 Å². The van der Waals surface area contributed by atoms with Crippen LogP contribution in [0.1, 0.15) is 13.3 Å². The molecule has 0 radical (unpaired) electrons. The van der Waals surface area contributed by atoms with Crippen molar-refractivity contribution < 1.29 is 19.7 Å². The lowest BCUT2D eigenvalue weighted by Crippen LogP contribution is -2.31. The van der Waals surface area contributed by atoms with Gasteiger partial charge in [-0.1, -0.05) is 0 Å². The average molecular weight is 221 g/mol. The van der Waals surface area contributed by atoms with Crippen molar-refractivity contribution in [3.8, 4) is 0 Å². The number of hydrogen-bond donors (Lipinski definition) is 3. The van der Waals surface area contributed by atoms with Gasteiger partial charge < -0.3 is 25.0 Å². The second-order valence-electron chi connectivity index (χ2n) is 3.41. The second kappa shape index (κ2) is 10.3. The zero-order valence-corrected chi connectivity index (χ0v) is 9.61. The summed E-state index contributed by atoms with van der Waals surface area (Å²) in [5.74, 6) is 0. The summed E-state index contributed by atoms with van der Waals surface area (Å²) in [6, 6.07) is 0. The topological polar surface area (TPSA) is 71.0 Å². The van der Waals surface area contributed by atoms with E-state index in [1.54, 1.807) is 0 Å². The van der Waals surface area contributed by atoms with E-state index in [-0.39, 0.29) is 25.4 Å². The van der Waals surface area contributed by atoms with Gasteiger partial charge in [-0.15, -0.1) is 0 Å². The second-order valence-corrected chi connectivity index (χ2v) is 3.41. The minimum absolute atomic E-state index is 0.0338. The summed E-state index contributed by atoms with van der Waals surface area (Å²) in [4.78, 5) is 0. The maximum Gasteiger partial charge on any atom is 0.0725 e. The molecule has 0 aromatic heterocycles. The molecule has 2 atom stereocenters. The van der Waals surface area contributed by atoms with Gasteiger partial charge in [0.05, 0.1) is 38.6 Å². The smallest absolute Gasteiger partial charge is 0.0725 e. The fraction of sp³-hybridized carbons (Fsp3) is 1.00. The first-order valence-electron chi connectivity index (χ1n) is 5.34. The highest BCUT2D eigenvalue weighted by atomic mass is 16.5. The van der Waals surface area contributed by atoms with E-state index in [1.807, 2.05) is 14.0 Å². The summed E-state index contributed by atoms with van der Waals surface area (Å²) in [7, 11) is 1.86. The van der Waals surface area contributed by atoms with E-state index >= 15 is 0 Å². The molecule has 0 saturated carbocycles. The van der Waals surface area contributed by atoms with Crippen molar-refractivity contribution in [2.45, 2.75) is 25.6 Å². The highest BCUT2D eigenvalue weighted by Crippen LogP contribution is 2.05. The third kappa shape index (κ3) is 8.77. The van der Waals surface area contributed by atoms with Crippen molar-refractivity contribution in [2.75, 3.05) is 40.0 Å². The fourth-order valence-electron chi connectivity index (χ4n) is 1.35. The van der Waals surface area contributed by atoms with Crippen LogP contribution in [0.2, 0.25) is 0 Å². The van der Waals surface area contributed by atoms with Crippen LogP contribution in [0.5, 0.6) is 0 Å². The molecular weight excluding hydrogens is 198 g/mol. The van der Waals surface area contributed by atoms with E-state index in [0.29, 0.717) is 13.2 Å². The molecule has 0 aromatic carbocycles. The minimum atomic E-state index is 0.0338. The van der Waals surface area contributed by atoms with Gasteiger partial charge in [-0.05, 0) is 14.0 Å². The van der Waals surface area contributed by atoms with Crippen LogP contribution in [0, 0.1) is 0 Å². The average Bonchev–Trinajstić information content (AvgIpc) is 2.23. The Morgan fingerprint density at radius 1 is 1.13 bits per heavy atom. The molecule has 0 amide bonds. The number of likely N-dealkylation sites (N-methyl/N-ethyl adjacent to an activating group) is 1. The standard InChI is InChI=1S/C10H23NO4/c1-9(14-5-3-12)7-10(8-11-2)15-6-4-13/h9-13H,3-8H2,1-2H3. The molecule has 2 unspecified atom stereocenters. The number of rotatable bonds is 10. The van der Waals surface area contributed by atoms with Crippen LogP contribution in [0.25, 0.3) is 0 Å². The first-order valence-corrected chi connectivity index (χ1v) is 5.34. The lowest BCUT2D eigenvalue weighted by atomic mass is 10.1. The molecule has 0 saturated heterocycles. The van der Waals surface area contributed by atoms with Crippen LogP contribution >= 0.6 is 0 Å². The number of ether oxygens (including phenoxy) is 2. The first kappa shape index (κ1) is 14.8. The van der Waals surface area contributed by atoms with Crippen LogP contribution in [-0.2, 0) is 9.47 Å². The lowest BCUT2D eigenvalue weighted by molar-refractivity contribution is -0.0254. The molecule has 0 aromatic rings. The maximum absolute atomic E-state index is 8.65. The highest BCUT2D eigenvalue weighted by molar-refractivity contribution is 4.65. The number of nitrogens with one attached hydrogen (secondary N) is 1. The Morgan fingerprint density at radius 3 is 2.27 bits per heavy atom. The van der Waals surface area contributed by atoms with E-state index in [2.05, 4.69) is 5.32 Å². The summed E-state index contributed by atoms with van der Waals surface area (Å²) in [6.45, 7) is 3.45. The lowest BCUT2D eigenvalue weighted by Gasteiger charge is -2.21. The highest BCUT2D eigenvalue weighted by Gasteiger charge is 2.13. The van der Waals surface area contributed by atoms with E-state index < -0.39 is 0 Å². The van der Waals surface area contributed by atoms with Crippen LogP contribution in [-0.4, -0.2) is 62.4 Å². The van der Waals surface area contributed by atoms with Gasteiger partial charge in [-0.2, -0.15) is 0 Å². The Morgan fingerprint density at radius 2 is 1.73 bits per heavy atom. The quantitative estimate of drug-likeness (QED) is 0.458. The van der Waals surface area contributed by atoms with Gasteiger partial charge >= 0.3 is 0 Å². The predicted octanol–water partition coefficient (Wildman–Crippen LogP) is -0.629. The fourth-order valence-corrected chi connectivity index (χ4v) is 1.35. The monoisotopic (exact) mass is 221 g/mol. The minimum Gasteiger partial charge on any atom is -0.394 e. The number of aliphatic hydroxyl groups excluding tert-OH is 2. The molecule has 0 bridgehead atoms. The Kier molecular flexibility index (Phi) is 10.2. The van der Waals surface area contributed by atoms with E-state index in [9.17, 15) is 0 Å². The molecule has 15 heavy (non-hydrogen) atoms. The van der Waals surface area contributed by atoms with Gasteiger partial charge in [-0.3, -0.25) is 0 Å². The van der Waals surface area contributed by atoms with E-state index in [0.717, 1.165) is 13.0 Å².